The summed E-state index contributed by atoms with van der Waals surface area (Å²) in [6.07, 6.45) is -1.40. The van der Waals surface area contributed by atoms with E-state index in [9.17, 15) is 26.7 Å². The number of nitrogens with zero attached hydrogens (tertiary/aromatic N) is 5. The predicted molar refractivity (Wildman–Crippen MR) is 90.6 cm³/mol. The van der Waals surface area contributed by atoms with Crippen LogP contribution in [-0.4, -0.2) is 30.6 Å². The van der Waals surface area contributed by atoms with E-state index in [1.807, 2.05) is 0 Å². The zero-order valence-corrected chi connectivity index (χ0v) is 14.4. The molecule has 3 rings (SSSR count). The predicted octanol–water partition coefficient (Wildman–Crippen LogP) is 2.85. The average molecular weight is 410 g/mol. The van der Waals surface area contributed by atoms with Gasteiger partial charge in [0.15, 0.2) is 5.82 Å². The van der Waals surface area contributed by atoms with Crippen molar-refractivity contribution in [3.8, 4) is 11.4 Å². The fraction of sp³-hybridized carbons (Fsp3) is 0.118. The highest BCUT2D eigenvalue weighted by Crippen LogP contribution is 2.33. The number of benzene rings is 1. The van der Waals surface area contributed by atoms with E-state index >= 15 is 0 Å². The molecule has 12 heteroatoms. The van der Waals surface area contributed by atoms with Crippen LogP contribution < -0.4 is 5.73 Å². The summed E-state index contributed by atoms with van der Waals surface area (Å²) >= 11 is 0. The monoisotopic (exact) mass is 410 g/mol. The summed E-state index contributed by atoms with van der Waals surface area (Å²) < 4.78 is 65.9. The van der Waals surface area contributed by atoms with Gasteiger partial charge < -0.3 is 5.73 Å². The largest absolute Gasteiger partial charge is 0.416 e. The maximum absolute atomic E-state index is 13.0. The number of amides is 1. The minimum absolute atomic E-state index is 0.0645. The van der Waals surface area contributed by atoms with Gasteiger partial charge >= 0.3 is 12.3 Å². The molecule has 0 spiro atoms. The third kappa shape index (κ3) is 4.59. The molecule has 0 radical (unpaired) electrons. The van der Waals surface area contributed by atoms with Crippen molar-refractivity contribution in [2.24, 2.45) is 5.73 Å². The fourth-order valence-corrected chi connectivity index (χ4v) is 2.40. The zero-order valence-electron chi connectivity index (χ0n) is 14.4. The van der Waals surface area contributed by atoms with Crippen LogP contribution in [0.3, 0.4) is 0 Å². The van der Waals surface area contributed by atoms with Crippen LogP contribution in [0.5, 0.6) is 0 Å². The highest BCUT2D eigenvalue weighted by molar-refractivity contribution is 6.22. The molecule has 0 atom stereocenters. The second-order valence-electron chi connectivity index (χ2n) is 5.75. The molecular weight excluding hydrogens is 399 g/mol. The van der Waals surface area contributed by atoms with Crippen molar-refractivity contribution in [2.45, 2.75) is 12.9 Å². The van der Waals surface area contributed by atoms with Gasteiger partial charge in [0.2, 0.25) is 0 Å². The molecular formula is C17H11F5N6O. The molecule has 3 aromatic rings. The van der Waals surface area contributed by atoms with Crippen molar-refractivity contribution in [3.05, 3.63) is 59.7 Å². The Balaban J connectivity index is 2.01. The molecule has 1 aromatic carbocycles. The van der Waals surface area contributed by atoms with E-state index in [0.717, 1.165) is 35.7 Å². The first-order valence-corrected chi connectivity index (χ1v) is 7.85. The van der Waals surface area contributed by atoms with E-state index in [-0.39, 0.29) is 28.1 Å². The van der Waals surface area contributed by atoms with Gasteiger partial charge in [0.25, 0.3) is 5.91 Å². The van der Waals surface area contributed by atoms with Gasteiger partial charge in [0.1, 0.15) is 13.0 Å². The molecule has 0 aliphatic carbocycles. The van der Waals surface area contributed by atoms with Gasteiger partial charge in [-0.05, 0) is 23.8 Å². The number of halogens is 5. The van der Waals surface area contributed by atoms with E-state index in [1.165, 1.54) is 6.07 Å². The number of hydrogen-bond donors (Lipinski definition) is 1. The molecule has 1 amide bonds. The second-order valence-corrected chi connectivity index (χ2v) is 5.75. The minimum atomic E-state index is -4.68. The first-order chi connectivity index (χ1) is 13.7. The van der Waals surface area contributed by atoms with Crippen molar-refractivity contribution < 1.29 is 26.7 Å². The van der Waals surface area contributed by atoms with Crippen LogP contribution in [0.25, 0.3) is 23.2 Å². The zero-order chi connectivity index (χ0) is 21.2. The number of carbonyl (C=O) groups excluding carboxylic acids is 1. The third-order valence-electron chi connectivity index (χ3n) is 3.70. The van der Waals surface area contributed by atoms with E-state index in [0.29, 0.717) is 6.07 Å². The topological polar surface area (TPSA) is 99.6 Å². The molecule has 0 aliphatic rings. The van der Waals surface area contributed by atoms with Crippen LogP contribution in [0, 0.1) is 6.08 Å². The molecule has 7 nitrogen and oxygen atoms in total. The summed E-state index contributed by atoms with van der Waals surface area (Å²) in [5.41, 5.74) is 3.94. The van der Waals surface area contributed by atoms with Crippen LogP contribution >= 0.6 is 0 Å². The van der Waals surface area contributed by atoms with Crippen LogP contribution in [0.15, 0.2) is 36.9 Å². The van der Waals surface area contributed by atoms with Gasteiger partial charge in [-0.25, -0.2) is 24.0 Å². The lowest BCUT2D eigenvalue weighted by molar-refractivity contribution is -0.137. The lowest BCUT2D eigenvalue weighted by Gasteiger charge is -2.09. The second kappa shape index (κ2) is 7.73. The minimum Gasteiger partial charge on any atom is -0.366 e. The number of alkyl halides is 4. The van der Waals surface area contributed by atoms with Crippen LogP contribution in [-0.2, 0) is 17.6 Å². The number of primary amides is 1. The fourth-order valence-electron chi connectivity index (χ4n) is 2.40. The summed E-state index contributed by atoms with van der Waals surface area (Å²) in [4.78, 5) is 22.2. The summed E-state index contributed by atoms with van der Waals surface area (Å²) in [6.45, 7) is -1.10. The number of hydrogen-bond acceptors (Lipinski definition) is 5. The van der Waals surface area contributed by atoms with Gasteiger partial charge in [0.05, 0.1) is 11.1 Å². The van der Waals surface area contributed by atoms with Gasteiger partial charge in [-0.2, -0.15) is 17.6 Å². The Morgan fingerprint density at radius 3 is 2.41 bits per heavy atom. The first-order valence-electron chi connectivity index (χ1n) is 7.85. The SMILES string of the molecule is NC(=O)/C(=C\n1cnc(-c2cc(CF)cc(C(F)(F)F)c2)n1)c1cnc(F)nc1. The molecule has 0 saturated heterocycles. The summed E-state index contributed by atoms with van der Waals surface area (Å²) in [5.74, 6) is -1.04. The van der Waals surface area contributed by atoms with Crippen molar-refractivity contribution in [1.29, 1.82) is 0 Å². The lowest BCUT2D eigenvalue weighted by Crippen LogP contribution is -2.14. The molecule has 0 aliphatic heterocycles. The molecule has 150 valence electrons. The quantitative estimate of drug-likeness (QED) is 0.396. The Morgan fingerprint density at radius 2 is 1.83 bits per heavy atom. The van der Waals surface area contributed by atoms with Gasteiger partial charge in [0, 0.05) is 29.7 Å². The van der Waals surface area contributed by atoms with Crippen molar-refractivity contribution >= 4 is 17.7 Å². The molecule has 2 heterocycles. The Bertz CT molecular complexity index is 1070. The van der Waals surface area contributed by atoms with Crippen molar-refractivity contribution in [3.63, 3.8) is 0 Å². The number of rotatable bonds is 5. The molecule has 0 bridgehead atoms. The smallest absolute Gasteiger partial charge is 0.366 e. The van der Waals surface area contributed by atoms with Crippen molar-refractivity contribution in [1.82, 2.24) is 24.7 Å². The first kappa shape index (κ1) is 20.0. The van der Waals surface area contributed by atoms with E-state index in [2.05, 4.69) is 20.1 Å². The Labute approximate surface area is 159 Å². The van der Waals surface area contributed by atoms with Crippen LogP contribution in [0.2, 0.25) is 0 Å². The molecule has 2 N–H and O–H groups in total. The average Bonchev–Trinajstić information content (AvgIpc) is 3.14. The van der Waals surface area contributed by atoms with Crippen LogP contribution in [0.4, 0.5) is 22.0 Å². The summed E-state index contributed by atoms with van der Waals surface area (Å²) in [7, 11) is 0. The van der Waals surface area contributed by atoms with Crippen LogP contribution in [0.1, 0.15) is 16.7 Å². The van der Waals surface area contributed by atoms with E-state index < -0.39 is 30.4 Å². The third-order valence-corrected chi connectivity index (χ3v) is 3.70. The Kier molecular flexibility index (Phi) is 5.35. The van der Waals surface area contributed by atoms with Gasteiger partial charge in [-0.3, -0.25) is 4.79 Å². The normalized spacial score (nSPS) is 12.2. The van der Waals surface area contributed by atoms with Gasteiger partial charge in [-0.15, -0.1) is 5.10 Å². The Hall–Kier alpha value is -3.70. The summed E-state index contributed by atoms with van der Waals surface area (Å²) in [6, 6.07) is 2.66. The lowest BCUT2D eigenvalue weighted by atomic mass is 10.1. The molecule has 0 fully saturated rings. The molecule has 2 aromatic heterocycles. The number of nitrogens with two attached hydrogens (primary N) is 1. The van der Waals surface area contributed by atoms with E-state index in [1.54, 1.807) is 0 Å². The number of aromatic nitrogens is 5. The van der Waals surface area contributed by atoms with Gasteiger partial charge in [-0.1, -0.05) is 0 Å². The maximum Gasteiger partial charge on any atom is 0.416 e. The molecule has 0 saturated carbocycles. The highest BCUT2D eigenvalue weighted by Gasteiger charge is 2.31. The summed E-state index contributed by atoms with van der Waals surface area (Å²) in [5, 5.41) is 3.96. The standard InChI is InChI=1S/C17H11F5N6O/c18-4-9-1-10(3-12(2-9)17(20,21)22)15-26-8-28(27-15)7-13(14(23)29)11-5-24-16(19)25-6-11/h1-3,5-8H,4H2,(H2,23,29)/b13-7-. The molecule has 0 unspecified atom stereocenters. The number of carbonyl (C=O) groups is 1. The maximum atomic E-state index is 13.0. The molecule has 29 heavy (non-hydrogen) atoms. The Morgan fingerprint density at radius 1 is 1.14 bits per heavy atom. The van der Waals surface area contributed by atoms with E-state index in [4.69, 9.17) is 5.73 Å². The highest BCUT2D eigenvalue weighted by atomic mass is 19.4. The van der Waals surface area contributed by atoms with Crippen molar-refractivity contribution in [2.75, 3.05) is 0 Å².